The zero-order chi connectivity index (χ0) is 22.3. The lowest BCUT2D eigenvalue weighted by Crippen LogP contribution is -2.52. The third-order valence-corrected chi connectivity index (χ3v) is 5.93. The fraction of sp³-hybridized carbons (Fsp3) is 0.391. The number of amides is 2. The fourth-order valence-electron chi connectivity index (χ4n) is 2.80. The average Bonchev–Trinajstić information content (AvgIpc) is 2.66. The molecule has 0 aliphatic carbocycles. The smallest absolute Gasteiger partial charge is 0.242 e. The van der Waals surface area contributed by atoms with Crippen LogP contribution in [0.2, 0.25) is 10.0 Å². The third kappa shape index (κ3) is 7.86. The Morgan fingerprint density at radius 3 is 2.37 bits per heavy atom. The summed E-state index contributed by atoms with van der Waals surface area (Å²) in [5, 5.41) is 3.95. The topological polar surface area (TPSA) is 49.4 Å². The van der Waals surface area contributed by atoms with Crippen LogP contribution in [0.3, 0.4) is 0 Å². The summed E-state index contributed by atoms with van der Waals surface area (Å²) in [6.45, 7) is 7.71. The Hall–Kier alpha value is -1.69. The van der Waals surface area contributed by atoms with E-state index in [0.29, 0.717) is 10.0 Å². The van der Waals surface area contributed by atoms with Crippen molar-refractivity contribution in [2.75, 3.05) is 5.75 Å². The van der Waals surface area contributed by atoms with Crippen molar-refractivity contribution in [1.82, 2.24) is 10.2 Å². The van der Waals surface area contributed by atoms with Gasteiger partial charge in [0.05, 0.1) is 5.75 Å². The quantitative estimate of drug-likeness (QED) is 0.553. The van der Waals surface area contributed by atoms with Gasteiger partial charge in [0, 0.05) is 27.9 Å². The van der Waals surface area contributed by atoms with Crippen LogP contribution in [0.1, 0.15) is 38.8 Å². The minimum absolute atomic E-state index is 0.112. The number of halogens is 2. The SMILES string of the molecule is CC(C(=O)NC(C)(C)C)N(Cc1ccc(Cl)cc1Cl)C(=O)CSCc1ccccc1. The molecule has 30 heavy (non-hydrogen) atoms. The molecule has 0 spiro atoms. The van der Waals surface area contributed by atoms with E-state index in [1.807, 2.05) is 51.1 Å². The number of rotatable bonds is 8. The molecule has 0 aliphatic rings. The van der Waals surface area contributed by atoms with Crippen molar-refractivity contribution in [3.8, 4) is 0 Å². The first-order chi connectivity index (χ1) is 14.1. The van der Waals surface area contributed by atoms with Gasteiger partial charge in [-0.25, -0.2) is 0 Å². The Morgan fingerprint density at radius 2 is 1.77 bits per heavy atom. The van der Waals surface area contributed by atoms with Crippen molar-refractivity contribution < 1.29 is 9.59 Å². The normalized spacial score (nSPS) is 12.3. The van der Waals surface area contributed by atoms with Crippen LogP contribution in [-0.2, 0) is 21.9 Å². The lowest BCUT2D eigenvalue weighted by molar-refractivity contribution is -0.139. The van der Waals surface area contributed by atoms with E-state index >= 15 is 0 Å². The van der Waals surface area contributed by atoms with Crippen molar-refractivity contribution in [3.05, 3.63) is 69.7 Å². The predicted octanol–water partition coefficient (Wildman–Crippen LogP) is 5.56. The maximum Gasteiger partial charge on any atom is 0.242 e. The second-order valence-corrected chi connectivity index (χ2v) is 9.98. The van der Waals surface area contributed by atoms with Gasteiger partial charge in [-0.2, -0.15) is 0 Å². The van der Waals surface area contributed by atoms with Crippen molar-refractivity contribution >= 4 is 46.8 Å². The maximum atomic E-state index is 13.1. The van der Waals surface area contributed by atoms with E-state index in [2.05, 4.69) is 5.32 Å². The fourth-order valence-corrected chi connectivity index (χ4v) is 4.14. The minimum Gasteiger partial charge on any atom is -0.350 e. The van der Waals surface area contributed by atoms with E-state index in [1.54, 1.807) is 30.0 Å². The van der Waals surface area contributed by atoms with Crippen LogP contribution in [0.25, 0.3) is 0 Å². The third-order valence-electron chi connectivity index (χ3n) is 4.36. The number of hydrogen-bond acceptors (Lipinski definition) is 3. The second-order valence-electron chi connectivity index (χ2n) is 8.15. The molecule has 4 nitrogen and oxygen atoms in total. The monoisotopic (exact) mass is 466 g/mol. The highest BCUT2D eigenvalue weighted by Crippen LogP contribution is 2.24. The zero-order valence-electron chi connectivity index (χ0n) is 17.7. The number of hydrogen-bond donors (Lipinski definition) is 1. The summed E-state index contributed by atoms with van der Waals surface area (Å²) >= 11 is 13.8. The van der Waals surface area contributed by atoms with Gasteiger partial charge in [-0.1, -0.05) is 59.6 Å². The molecule has 0 aliphatic heterocycles. The van der Waals surface area contributed by atoms with Crippen molar-refractivity contribution in [3.63, 3.8) is 0 Å². The lowest BCUT2D eigenvalue weighted by atomic mass is 10.1. The van der Waals surface area contributed by atoms with Crippen molar-refractivity contribution in [1.29, 1.82) is 0 Å². The number of thioether (sulfide) groups is 1. The molecule has 162 valence electrons. The number of carbonyl (C=O) groups excluding carboxylic acids is 2. The zero-order valence-corrected chi connectivity index (χ0v) is 20.1. The summed E-state index contributed by atoms with van der Waals surface area (Å²) in [5.74, 6) is 0.685. The molecule has 0 heterocycles. The van der Waals surface area contributed by atoms with Gasteiger partial charge in [0.15, 0.2) is 0 Å². The van der Waals surface area contributed by atoms with Gasteiger partial charge in [-0.05, 0) is 51.0 Å². The van der Waals surface area contributed by atoms with Gasteiger partial charge in [0.1, 0.15) is 6.04 Å². The number of carbonyl (C=O) groups is 2. The lowest BCUT2D eigenvalue weighted by Gasteiger charge is -2.31. The Morgan fingerprint density at radius 1 is 1.10 bits per heavy atom. The molecule has 0 saturated heterocycles. The van der Waals surface area contributed by atoms with E-state index in [0.717, 1.165) is 16.9 Å². The van der Waals surface area contributed by atoms with Gasteiger partial charge < -0.3 is 10.2 Å². The molecular weight excluding hydrogens is 439 g/mol. The molecule has 2 aromatic carbocycles. The first-order valence-corrected chi connectivity index (χ1v) is 11.6. The molecule has 0 bridgehead atoms. The molecule has 7 heteroatoms. The first-order valence-electron chi connectivity index (χ1n) is 9.74. The standard InChI is InChI=1S/C23H28Cl2N2O2S/c1-16(22(29)26-23(2,3)4)27(13-18-10-11-19(24)12-20(18)25)21(28)15-30-14-17-8-6-5-7-9-17/h5-12,16H,13-15H2,1-4H3,(H,26,29). The predicted molar refractivity (Wildman–Crippen MR) is 127 cm³/mol. The van der Waals surface area contributed by atoms with Crippen molar-refractivity contribution in [2.45, 2.75) is 51.6 Å². The molecule has 1 unspecified atom stereocenters. The molecule has 1 N–H and O–H groups in total. The maximum absolute atomic E-state index is 13.1. The summed E-state index contributed by atoms with van der Waals surface area (Å²) in [6.07, 6.45) is 0. The highest BCUT2D eigenvalue weighted by molar-refractivity contribution is 7.99. The molecule has 0 fully saturated rings. The van der Waals surface area contributed by atoms with Gasteiger partial charge in [-0.15, -0.1) is 11.8 Å². The Bertz CT molecular complexity index is 869. The van der Waals surface area contributed by atoms with Gasteiger partial charge in [-0.3, -0.25) is 9.59 Å². The summed E-state index contributed by atoms with van der Waals surface area (Å²) in [6, 6.07) is 14.5. The van der Waals surface area contributed by atoms with Crippen LogP contribution in [-0.4, -0.2) is 34.0 Å². The first kappa shape index (κ1) is 24.6. The van der Waals surface area contributed by atoms with Crippen LogP contribution >= 0.6 is 35.0 Å². The number of nitrogens with zero attached hydrogens (tertiary/aromatic N) is 1. The van der Waals surface area contributed by atoms with Gasteiger partial charge in [0.25, 0.3) is 0 Å². The van der Waals surface area contributed by atoms with Crippen LogP contribution < -0.4 is 5.32 Å². The number of nitrogens with one attached hydrogen (secondary N) is 1. The molecular formula is C23H28Cl2N2O2S. The molecule has 1 atom stereocenters. The van der Waals surface area contributed by atoms with E-state index in [1.165, 1.54) is 11.8 Å². The second kappa shape index (κ2) is 11.1. The van der Waals surface area contributed by atoms with E-state index in [9.17, 15) is 9.59 Å². The van der Waals surface area contributed by atoms with Gasteiger partial charge >= 0.3 is 0 Å². The van der Waals surface area contributed by atoms with E-state index in [4.69, 9.17) is 23.2 Å². The molecule has 2 rings (SSSR count). The van der Waals surface area contributed by atoms with Crippen LogP contribution in [0.15, 0.2) is 48.5 Å². The molecule has 0 saturated carbocycles. The minimum atomic E-state index is -0.638. The van der Waals surface area contributed by atoms with E-state index in [-0.39, 0.29) is 29.7 Å². The summed E-state index contributed by atoms with van der Waals surface area (Å²) < 4.78 is 0. The van der Waals surface area contributed by atoms with Crippen LogP contribution in [0, 0.1) is 0 Å². The highest BCUT2D eigenvalue weighted by atomic mass is 35.5. The molecule has 0 radical (unpaired) electrons. The van der Waals surface area contributed by atoms with Gasteiger partial charge in [0.2, 0.25) is 11.8 Å². The summed E-state index contributed by atoms with van der Waals surface area (Å²) in [4.78, 5) is 27.4. The Kier molecular flexibility index (Phi) is 9.08. The molecule has 2 amide bonds. The molecule has 0 aromatic heterocycles. The van der Waals surface area contributed by atoms with Crippen LogP contribution in [0.4, 0.5) is 0 Å². The average molecular weight is 467 g/mol. The summed E-state index contributed by atoms with van der Waals surface area (Å²) in [5.41, 5.74) is 1.51. The Balaban J connectivity index is 2.14. The van der Waals surface area contributed by atoms with Crippen molar-refractivity contribution in [2.24, 2.45) is 0 Å². The molecule has 2 aromatic rings. The number of benzene rings is 2. The van der Waals surface area contributed by atoms with E-state index < -0.39 is 6.04 Å². The summed E-state index contributed by atoms with van der Waals surface area (Å²) in [7, 11) is 0. The largest absolute Gasteiger partial charge is 0.350 e. The Labute approximate surface area is 193 Å². The highest BCUT2D eigenvalue weighted by Gasteiger charge is 2.28. The van der Waals surface area contributed by atoms with Crippen LogP contribution in [0.5, 0.6) is 0 Å².